The van der Waals surface area contributed by atoms with Gasteiger partial charge in [0.2, 0.25) is 0 Å². The summed E-state index contributed by atoms with van der Waals surface area (Å²) in [5.41, 5.74) is 2.48. The van der Waals surface area contributed by atoms with Gasteiger partial charge < -0.3 is 9.47 Å². The quantitative estimate of drug-likeness (QED) is 0.804. The maximum absolute atomic E-state index is 4.40. The molecule has 0 saturated heterocycles. The Morgan fingerprint density at radius 3 is 3.32 bits per heavy atom. The molecule has 0 unspecified atom stereocenters. The van der Waals surface area contributed by atoms with E-state index in [0.29, 0.717) is 5.92 Å². The number of hydrogen-bond donors (Lipinski definition) is 1. The molecule has 3 heterocycles. The highest BCUT2D eigenvalue weighted by Crippen LogP contribution is 2.21. The van der Waals surface area contributed by atoms with E-state index in [4.69, 9.17) is 0 Å². The van der Waals surface area contributed by atoms with Crippen LogP contribution in [0.5, 0.6) is 0 Å². The number of para-hydroxylation sites is 1. The minimum Gasteiger partial charge on any atom is -0.335 e. The zero-order valence-electron chi connectivity index (χ0n) is 12.9. The van der Waals surface area contributed by atoms with Crippen LogP contribution in [0, 0.1) is 5.92 Å². The normalized spacial score (nSPS) is 18.0. The zero-order valence-corrected chi connectivity index (χ0v) is 12.9. The Bertz CT molecular complexity index is 772. The molecule has 0 fully saturated rings. The monoisotopic (exact) mass is 295 g/mol. The van der Waals surface area contributed by atoms with E-state index in [2.05, 4.69) is 56.1 Å². The maximum atomic E-state index is 4.40. The molecule has 3 aromatic rings. The second-order valence-corrected chi connectivity index (χ2v) is 6.35. The van der Waals surface area contributed by atoms with Crippen molar-refractivity contribution in [2.24, 2.45) is 5.92 Å². The van der Waals surface area contributed by atoms with E-state index in [1.54, 1.807) is 0 Å². The van der Waals surface area contributed by atoms with Gasteiger partial charge in [-0.05, 0) is 24.9 Å². The molecule has 0 amide bonds. The molecule has 22 heavy (non-hydrogen) atoms. The average molecular weight is 295 g/mol. The molecule has 0 spiro atoms. The Kier molecular flexibility index (Phi) is 3.42. The number of aromatic nitrogens is 4. The highest BCUT2D eigenvalue weighted by Gasteiger charge is 2.20. The molecule has 5 heteroatoms. The van der Waals surface area contributed by atoms with Crippen molar-refractivity contribution in [3.63, 3.8) is 0 Å². The summed E-state index contributed by atoms with van der Waals surface area (Å²) in [6.45, 7) is 3.16. The summed E-state index contributed by atoms with van der Waals surface area (Å²) >= 11 is 0. The topological polar surface area (TPSA) is 49.7 Å². The van der Waals surface area contributed by atoms with Crippen molar-refractivity contribution in [1.29, 1.82) is 0 Å². The number of fused-ring (bicyclic) bond motifs is 2. The number of nitrogens with one attached hydrogen (secondary N) is 1. The van der Waals surface area contributed by atoms with Gasteiger partial charge in [-0.25, -0.2) is 4.98 Å². The first-order valence-corrected chi connectivity index (χ1v) is 7.89. The van der Waals surface area contributed by atoms with Crippen LogP contribution in [0.25, 0.3) is 10.9 Å². The molecule has 0 radical (unpaired) electrons. The van der Waals surface area contributed by atoms with E-state index >= 15 is 0 Å². The van der Waals surface area contributed by atoms with Crippen LogP contribution in [0.4, 0.5) is 0 Å². The Morgan fingerprint density at radius 2 is 2.36 bits per heavy atom. The van der Waals surface area contributed by atoms with Gasteiger partial charge in [-0.2, -0.15) is 5.10 Å². The first-order valence-electron chi connectivity index (χ1n) is 7.89. The fraction of sp³-hybridized carbons (Fsp3) is 0.412. The van der Waals surface area contributed by atoms with E-state index in [1.165, 1.54) is 23.2 Å². The third-order valence-electron chi connectivity index (χ3n) is 4.61. The lowest BCUT2D eigenvalue weighted by Crippen LogP contribution is -2.31. The predicted octanol–water partition coefficient (Wildman–Crippen LogP) is 2.45. The molecule has 1 aliphatic heterocycles. The van der Waals surface area contributed by atoms with Gasteiger partial charge in [-0.3, -0.25) is 5.10 Å². The van der Waals surface area contributed by atoms with E-state index in [0.717, 1.165) is 31.6 Å². The van der Waals surface area contributed by atoms with Crippen molar-refractivity contribution in [1.82, 2.24) is 24.6 Å². The second kappa shape index (κ2) is 5.57. The highest BCUT2D eigenvalue weighted by molar-refractivity contribution is 5.81. The zero-order chi connectivity index (χ0) is 14.9. The van der Waals surface area contributed by atoms with E-state index in [9.17, 15) is 0 Å². The molecule has 0 aliphatic carbocycles. The summed E-state index contributed by atoms with van der Waals surface area (Å²) in [7, 11) is 2.21. The molecule has 114 valence electrons. The molecule has 1 atom stereocenters. The van der Waals surface area contributed by atoms with Gasteiger partial charge >= 0.3 is 0 Å². The minimum absolute atomic E-state index is 0.702. The molecule has 1 aromatic carbocycles. The van der Waals surface area contributed by atoms with E-state index < -0.39 is 0 Å². The van der Waals surface area contributed by atoms with Crippen molar-refractivity contribution < 1.29 is 0 Å². The van der Waals surface area contributed by atoms with E-state index in [-0.39, 0.29) is 0 Å². The average Bonchev–Trinajstić information content (AvgIpc) is 3.15. The predicted molar refractivity (Wildman–Crippen MR) is 86.5 cm³/mol. The SMILES string of the molecule is CN(Cc1cccc2cn[nH]c12)C[C@@H]1CCc2nccn2C1. The third kappa shape index (κ3) is 2.52. The molecule has 0 bridgehead atoms. The van der Waals surface area contributed by atoms with Crippen LogP contribution in [0.15, 0.2) is 36.8 Å². The Labute approximate surface area is 130 Å². The van der Waals surface area contributed by atoms with Crippen LogP contribution in [0.3, 0.4) is 0 Å². The van der Waals surface area contributed by atoms with Gasteiger partial charge in [0.1, 0.15) is 5.82 Å². The summed E-state index contributed by atoms with van der Waals surface area (Å²) in [6, 6.07) is 6.40. The van der Waals surface area contributed by atoms with Crippen LogP contribution < -0.4 is 0 Å². The summed E-state index contributed by atoms with van der Waals surface area (Å²) in [5.74, 6) is 1.94. The Balaban J connectivity index is 1.43. The van der Waals surface area contributed by atoms with Gasteiger partial charge in [0, 0.05) is 43.8 Å². The molecule has 5 nitrogen and oxygen atoms in total. The molecular weight excluding hydrogens is 274 g/mol. The van der Waals surface area contributed by atoms with Crippen LogP contribution in [-0.4, -0.2) is 38.2 Å². The number of benzene rings is 1. The second-order valence-electron chi connectivity index (χ2n) is 6.35. The van der Waals surface area contributed by atoms with Gasteiger partial charge in [0.15, 0.2) is 0 Å². The number of imidazole rings is 1. The van der Waals surface area contributed by atoms with Crippen LogP contribution in [0.1, 0.15) is 17.8 Å². The summed E-state index contributed by atoms with van der Waals surface area (Å²) in [6.07, 6.45) is 8.24. The first-order chi connectivity index (χ1) is 10.8. The Hall–Kier alpha value is -2.14. The third-order valence-corrected chi connectivity index (χ3v) is 4.61. The molecule has 2 aromatic heterocycles. The first kappa shape index (κ1) is 13.5. The van der Waals surface area contributed by atoms with Gasteiger partial charge in [-0.1, -0.05) is 18.2 Å². The smallest absolute Gasteiger partial charge is 0.108 e. The summed E-state index contributed by atoms with van der Waals surface area (Å²) < 4.78 is 2.30. The standard InChI is InChI=1S/C17H21N5/c1-21(10-13-5-6-16-18-7-8-22(16)11-13)12-15-4-2-3-14-9-19-20-17(14)15/h2-4,7-9,13H,5-6,10-12H2,1H3,(H,19,20)/t13-/m0/s1. The lowest BCUT2D eigenvalue weighted by atomic mass is 9.98. The summed E-state index contributed by atoms with van der Waals surface area (Å²) in [5, 5.41) is 8.45. The molecule has 4 rings (SSSR count). The fourth-order valence-corrected chi connectivity index (χ4v) is 3.54. The van der Waals surface area contributed by atoms with Gasteiger partial charge in [-0.15, -0.1) is 0 Å². The van der Waals surface area contributed by atoms with E-state index in [1.807, 2.05) is 12.4 Å². The number of rotatable bonds is 4. The number of nitrogens with zero attached hydrogens (tertiary/aromatic N) is 4. The highest BCUT2D eigenvalue weighted by atomic mass is 15.1. The molecular formula is C17H21N5. The van der Waals surface area contributed by atoms with Crippen molar-refractivity contribution >= 4 is 10.9 Å². The van der Waals surface area contributed by atoms with Crippen molar-refractivity contribution in [2.45, 2.75) is 25.9 Å². The largest absolute Gasteiger partial charge is 0.335 e. The van der Waals surface area contributed by atoms with Crippen LogP contribution in [0.2, 0.25) is 0 Å². The number of hydrogen-bond acceptors (Lipinski definition) is 3. The van der Waals surface area contributed by atoms with Crippen molar-refractivity contribution in [2.75, 3.05) is 13.6 Å². The van der Waals surface area contributed by atoms with Crippen molar-refractivity contribution in [3.8, 4) is 0 Å². The lowest BCUT2D eigenvalue weighted by Gasteiger charge is -2.28. The van der Waals surface area contributed by atoms with Crippen LogP contribution >= 0.6 is 0 Å². The number of aryl methyl sites for hydroxylation is 1. The number of aromatic amines is 1. The fourth-order valence-electron chi connectivity index (χ4n) is 3.54. The van der Waals surface area contributed by atoms with Gasteiger partial charge in [0.05, 0.1) is 11.7 Å². The number of H-pyrrole nitrogens is 1. The van der Waals surface area contributed by atoms with Gasteiger partial charge in [0.25, 0.3) is 0 Å². The maximum Gasteiger partial charge on any atom is 0.108 e. The van der Waals surface area contributed by atoms with Crippen LogP contribution in [-0.2, 0) is 19.5 Å². The lowest BCUT2D eigenvalue weighted by molar-refractivity contribution is 0.229. The summed E-state index contributed by atoms with van der Waals surface area (Å²) in [4.78, 5) is 6.82. The molecule has 0 saturated carbocycles. The minimum atomic E-state index is 0.702. The molecule has 1 N–H and O–H groups in total. The van der Waals surface area contributed by atoms with Crippen molar-refractivity contribution in [3.05, 3.63) is 48.2 Å². The Morgan fingerprint density at radius 1 is 1.41 bits per heavy atom. The molecule has 1 aliphatic rings.